The molecule has 20 heavy (non-hydrogen) atoms. The number of halogens is 2. The van der Waals surface area contributed by atoms with Gasteiger partial charge in [0.05, 0.1) is 27.3 Å². The zero-order chi connectivity index (χ0) is 14.7. The molecule has 0 saturated heterocycles. The van der Waals surface area contributed by atoms with Gasteiger partial charge in [-0.3, -0.25) is 15.1 Å². The smallest absolute Gasteiger partial charge is 0.283 e. The summed E-state index contributed by atoms with van der Waals surface area (Å²) in [6.07, 6.45) is 1.15. The lowest BCUT2D eigenvalue weighted by Gasteiger charge is -2.14. The Labute approximate surface area is 123 Å². The number of aromatic nitrogens is 1. The summed E-state index contributed by atoms with van der Waals surface area (Å²) in [6, 6.07) is 7.43. The summed E-state index contributed by atoms with van der Waals surface area (Å²) in [5.74, 6) is -0.390. The summed E-state index contributed by atoms with van der Waals surface area (Å²) < 4.78 is 13.2. The molecular formula is C13H11BrFN3O2. The van der Waals surface area contributed by atoms with Gasteiger partial charge in [0.1, 0.15) is 5.82 Å². The molecule has 0 radical (unpaired) electrons. The van der Waals surface area contributed by atoms with E-state index in [2.05, 4.69) is 26.2 Å². The van der Waals surface area contributed by atoms with E-state index in [9.17, 15) is 14.5 Å². The highest BCUT2D eigenvalue weighted by Crippen LogP contribution is 2.29. The molecule has 7 heteroatoms. The van der Waals surface area contributed by atoms with Gasteiger partial charge in [0.25, 0.3) is 5.69 Å². The molecule has 0 aliphatic heterocycles. The first-order valence-electron chi connectivity index (χ1n) is 5.79. The van der Waals surface area contributed by atoms with E-state index in [-0.39, 0.29) is 17.5 Å². The molecule has 0 aliphatic rings. The van der Waals surface area contributed by atoms with Crippen LogP contribution in [0.4, 0.5) is 15.8 Å². The minimum absolute atomic E-state index is 0.00288. The highest BCUT2D eigenvalue weighted by molar-refractivity contribution is 9.10. The van der Waals surface area contributed by atoms with Crippen LogP contribution in [0.1, 0.15) is 18.7 Å². The van der Waals surface area contributed by atoms with Crippen LogP contribution in [-0.4, -0.2) is 9.91 Å². The molecule has 104 valence electrons. The Morgan fingerprint density at radius 2 is 2.15 bits per heavy atom. The fourth-order valence-electron chi connectivity index (χ4n) is 1.71. The summed E-state index contributed by atoms with van der Waals surface area (Å²) in [4.78, 5) is 14.2. The largest absolute Gasteiger partial charge is 0.377 e. The minimum Gasteiger partial charge on any atom is -0.377 e. The van der Waals surface area contributed by atoms with Crippen molar-refractivity contribution in [2.75, 3.05) is 5.32 Å². The predicted molar refractivity (Wildman–Crippen MR) is 77.0 cm³/mol. The lowest BCUT2D eigenvalue weighted by molar-refractivity contribution is -0.385. The van der Waals surface area contributed by atoms with Crippen LogP contribution >= 0.6 is 15.9 Å². The van der Waals surface area contributed by atoms with Crippen molar-refractivity contribution in [3.8, 4) is 0 Å². The third-order valence-electron chi connectivity index (χ3n) is 2.72. The average Bonchev–Trinajstić information content (AvgIpc) is 2.39. The highest BCUT2D eigenvalue weighted by atomic mass is 79.9. The van der Waals surface area contributed by atoms with Crippen molar-refractivity contribution in [3.05, 3.63) is 62.6 Å². The average molecular weight is 340 g/mol. The van der Waals surface area contributed by atoms with E-state index in [0.717, 1.165) is 6.20 Å². The zero-order valence-corrected chi connectivity index (χ0v) is 12.1. The van der Waals surface area contributed by atoms with E-state index in [1.54, 1.807) is 18.2 Å². The number of nitrogens with one attached hydrogen (secondary N) is 1. The van der Waals surface area contributed by atoms with Gasteiger partial charge in [-0.25, -0.2) is 4.39 Å². The molecule has 2 aromatic rings. The molecule has 0 amide bonds. The quantitative estimate of drug-likeness (QED) is 0.673. The van der Waals surface area contributed by atoms with Crippen LogP contribution < -0.4 is 5.32 Å². The Balaban J connectivity index is 2.15. The third kappa shape index (κ3) is 3.30. The monoisotopic (exact) mass is 339 g/mol. The second-order valence-corrected chi connectivity index (χ2v) is 5.04. The summed E-state index contributed by atoms with van der Waals surface area (Å²) in [7, 11) is 0. The SMILES string of the molecule is CC(Nc1ccc([N+](=O)[O-])c(Br)c1)c1ccc(F)cn1. The number of nitrogens with zero attached hydrogens (tertiary/aromatic N) is 2. The van der Waals surface area contributed by atoms with E-state index in [4.69, 9.17) is 0 Å². The second-order valence-electron chi connectivity index (χ2n) is 4.19. The van der Waals surface area contributed by atoms with Crippen molar-refractivity contribution >= 4 is 27.3 Å². The van der Waals surface area contributed by atoms with Crippen molar-refractivity contribution < 1.29 is 9.31 Å². The molecule has 5 nitrogen and oxygen atoms in total. The summed E-state index contributed by atoms with van der Waals surface area (Å²) in [5, 5.41) is 13.9. The first-order chi connectivity index (χ1) is 9.47. The lowest BCUT2D eigenvalue weighted by atomic mass is 10.2. The molecule has 0 spiro atoms. The molecule has 0 saturated carbocycles. The summed E-state index contributed by atoms with van der Waals surface area (Å²) in [6.45, 7) is 1.87. The van der Waals surface area contributed by atoms with E-state index in [0.29, 0.717) is 15.9 Å². The van der Waals surface area contributed by atoms with E-state index >= 15 is 0 Å². The van der Waals surface area contributed by atoms with E-state index < -0.39 is 4.92 Å². The van der Waals surface area contributed by atoms with Crippen molar-refractivity contribution in [3.63, 3.8) is 0 Å². The second kappa shape index (κ2) is 5.96. The number of pyridine rings is 1. The third-order valence-corrected chi connectivity index (χ3v) is 3.36. The van der Waals surface area contributed by atoms with Crippen LogP contribution in [0, 0.1) is 15.9 Å². The first kappa shape index (κ1) is 14.4. The van der Waals surface area contributed by atoms with Gasteiger partial charge in [0.2, 0.25) is 0 Å². The topological polar surface area (TPSA) is 68.1 Å². The van der Waals surface area contributed by atoms with Gasteiger partial charge >= 0.3 is 0 Å². The Morgan fingerprint density at radius 3 is 2.70 bits per heavy atom. The van der Waals surface area contributed by atoms with Gasteiger partial charge in [-0.05, 0) is 47.1 Å². The van der Waals surface area contributed by atoms with Crippen molar-refractivity contribution in [2.24, 2.45) is 0 Å². The molecular weight excluding hydrogens is 329 g/mol. The number of rotatable bonds is 4. The van der Waals surface area contributed by atoms with Gasteiger partial charge in [0.15, 0.2) is 0 Å². The Hall–Kier alpha value is -2.02. The Bertz CT molecular complexity index is 634. The van der Waals surface area contributed by atoms with Crippen LogP contribution in [0.15, 0.2) is 41.0 Å². The molecule has 1 N–H and O–H groups in total. The number of nitro groups is 1. The number of anilines is 1. The maximum Gasteiger partial charge on any atom is 0.283 e. The summed E-state index contributed by atoms with van der Waals surface area (Å²) >= 11 is 3.16. The van der Waals surface area contributed by atoms with Gasteiger partial charge in [-0.1, -0.05) is 0 Å². The number of nitro benzene ring substituents is 1. The van der Waals surface area contributed by atoms with Crippen LogP contribution in [0.5, 0.6) is 0 Å². The molecule has 1 atom stereocenters. The number of hydrogen-bond donors (Lipinski definition) is 1. The molecule has 0 aliphatic carbocycles. The van der Waals surface area contributed by atoms with Crippen molar-refractivity contribution in [1.82, 2.24) is 4.98 Å². The lowest BCUT2D eigenvalue weighted by Crippen LogP contribution is -2.08. The molecule has 2 rings (SSSR count). The molecule has 1 aromatic heterocycles. The van der Waals surface area contributed by atoms with Crippen molar-refractivity contribution in [1.29, 1.82) is 0 Å². The molecule has 1 aromatic carbocycles. The normalized spacial score (nSPS) is 11.9. The molecule has 0 fully saturated rings. The number of hydrogen-bond acceptors (Lipinski definition) is 4. The van der Waals surface area contributed by atoms with E-state index in [1.807, 2.05) is 6.92 Å². The maximum atomic E-state index is 12.8. The first-order valence-corrected chi connectivity index (χ1v) is 6.58. The summed E-state index contributed by atoms with van der Waals surface area (Å²) in [5.41, 5.74) is 1.39. The molecule has 1 unspecified atom stereocenters. The van der Waals surface area contributed by atoms with Gasteiger partial charge in [-0.15, -0.1) is 0 Å². The van der Waals surface area contributed by atoms with Crippen molar-refractivity contribution in [2.45, 2.75) is 13.0 Å². The van der Waals surface area contributed by atoms with Crippen LogP contribution in [0.3, 0.4) is 0 Å². The standard InChI is InChI=1S/C13H11BrFN3O2/c1-8(12-4-2-9(15)7-16-12)17-10-3-5-13(18(19)20)11(14)6-10/h2-8,17H,1H3. The van der Waals surface area contributed by atoms with E-state index in [1.165, 1.54) is 12.1 Å². The Morgan fingerprint density at radius 1 is 1.40 bits per heavy atom. The van der Waals surface area contributed by atoms with Gasteiger partial charge in [0, 0.05) is 11.8 Å². The minimum atomic E-state index is -0.460. The number of benzene rings is 1. The Kier molecular flexibility index (Phi) is 4.29. The fraction of sp³-hybridized carbons (Fsp3) is 0.154. The van der Waals surface area contributed by atoms with Crippen LogP contribution in [-0.2, 0) is 0 Å². The maximum absolute atomic E-state index is 12.8. The van der Waals surface area contributed by atoms with Gasteiger partial charge < -0.3 is 5.32 Å². The van der Waals surface area contributed by atoms with Gasteiger partial charge in [-0.2, -0.15) is 0 Å². The zero-order valence-electron chi connectivity index (χ0n) is 10.5. The fourth-order valence-corrected chi connectivity index (χ4v) is 2.24. The molecule has 1 heterocycles. The van der Waals surface area contributed by atoms with Crippen LogP contribution in [0.25, 0.3) is 0 Å². The predicted octanol–water partition coefficient (Wildman–Crippen LogP) is 4.06. The highest BCUT2D eigenvalue weighted by Gasteiger charge is 2.13. The molecule has 0 bridgehead atoms. The van der Waals surface area contributed by atoms with Crippen LogP contribution in [0.2, 0.25) is 0 Å².